The number of hydrogen-bond donors (Lipinski definition) is 1. The van der Waals surface area contributed by atoms with E-state index in [0.29, 0.717) is 46.2 Å². The molecule has 2 aromatic rings. The monoisotopic (exact) mass is 612 g/mol. The van der Waals surface area contributed by atoms with E-state index in [1.54, 1.807) is 6.07 Å². The average molecular weight is 614 g/mol. The lowest BCUT2D eigenvalue weighted by Gasteiger charge is -2.32. The Bertz CT molecular complexity index is 1320. The summed E-state index contributed by atoms with van der Waals surface area (Å²) in [6, 6.07) is 15.1. The molecule has 4 rings (SSSR count). The fraction of sp³-hybridized carbons (Fsp3) is 0.452. The van der Waals surface area contributed by atoms with Crippen LogP contribution in [0.4, 0.5) is 5.69 Å². The van der Waals surface area contributed by atoms with E-state index in [1.807, 2.05) is 40.1 Å². The van der Waals surface area contributed by atoms with Crippen molar-refractivity contribution < 1.29 is 4.79 Å². The zero-order valence-corrected chi connectivity index (χ0v) is 25.6. The second-order valence-corrected chi connectivity index (χ2v) is 11.9. The van der Waals surface area contributed by atoms with Crippen LogP contribution >= 0.6 is 34.8 Å². The summed E-state index contributed by atoms with van der Waals surface area (Å²) in [6.45, 7) is 6.68. The van der Waals surface area contributed by atoms with E-state index in [-0.39, 0.29) is 23.9 Å². The summed E-state index contributed by atoms with van der Waals surface area (Å²) < 4.78 is 0. The molecule has 0 spiro atoms. The minimum Gasteiger partial charge on any atom is -0.351 e. The van der Waals surface area contributed by atoms with Gasteiger partial charge in [0.15, 0.2) is 5.57 Å². The molecule has 2 aliphatic rings. The molecule has 1 N–H and O–H groups in total. The van der Waals surface area contributed by atoms with E-state index in [9.17, 15) is 15.3 Å². The molecule has 10 heteroatoms. The number of carbonyl (C=O) groups is 1. The lowest BCUT2D eigenvalue weighted by atomic mass is 10.1. The highest BCUT2D eigenvalue weighted by Crippen LogP contribution is 2.31. The molecule has 0 aliphatic carbocycles. The number of likely N-dealkylation sites (tertiary alicyclic amines) is 1. The Balaban J connectivity index is 1.51. The van der Waals surface area contributed by atoms with E-state index in [0.717, 1.165) is 43.6 Å². The number of nitriles is 2. The molecule has 0 bridgehead atoms. The number of carbonyl (C=O) groups excluding carboxylic acids is 1. The highest BCUT2D eigenvalue weighted by atomic mass is 35.5. The average Bonchev–Trinajstić information content (AvgIpc) is 3.34. The van der Waals surface area contributed by atoms with E-state index in [4.69, 9.17) is 34.8 Å². The standard InChI is InChI=1S/C31H35Cl3N6O/c1-2-6-27(17-30(41)37-29-15-22(7-8-28(29)34)20-38-9-4-3-5-10-38)40-12-11-39(31(40)24(18-35)19-36)21-23-13-25(32)16-26(33)14-23/h7-8,13-16,27H,2-6,9-12,17,20-21H2,1H3,(H,37,41). The number of nitrogens with zero attached hydrogens (tertiary/aromatic N) is 5. The summed E-state index contributed by atoms with van der Waals surface area (Å²) in [4.78, 5) is 19.8. The smallest absolute Gasteiger partial charge is 0.226 e. The van der Waals surface area contributed by atoms with Gasteiger partial charge < -0.3 is 15.1 Å². The Morgan fingerprint density at radius 3 is 2.29 bits per heavy atom. The lowest BCUT2D eigenvalue weighted by molar-refractivity contribution is -0.117. The van der Waals surface area contributed by atoms with Crippen LogP contribution in [0.3, 0.4) is 0 Å². The molecule has 1 amide bonds. The van der Waals surface area contributed by atoms with Gasteiger partial charge in [0.05, 0.1) is 10.7 Å². The van der Waals surface area contributed by atoms with Crippen LogP contribution in [0.15, 0.2) is 47.8 Å². The molecule has 7 nitrogen and oxygen atoms in total. The minimum absolute atomic E-state index is 0.0191. The van der Waals surface area contributed by atoms with E-state index in [2.05, 4.69) is 29.3 Å². The van der Waals surface area contributed by atoms with Crippen molar-refractivity contribution >= 4 is 46.4 Å². The first kappa shape index (κ1) is 31.0. The molecular formula is C31H35Cl3N6O. The summed E-state index contributed by atoms with van der Waals surface area (Å²) in [5, 5.41) is 24.2. The highest BCUT2D eigenvalue weighted by molar-refractivity contribution is 6.34. The van der Waals surface area contributed by atoms with Crippen LogP contribution < -0.4 is 5.32 Å². The first-order valence-corrected chi connectivity index (χ1v) is 15.3. The molecule has 1 atom stereocenters. The Morgan fingerprint density at radius 2 is 1.63 bits per heavy atom. The Labute approximate surface area is 257 Å². The molecule has 2 fully saturated rings. The fourth-order valence-corrected chi connectivity index (χ4v) is 6.48. The number of allylic oxidation sites excluding steroid dienone is 1. The van der Waals surface area contributed by atoms with Gasteiger partial charge in [-0.2, -0.15) is 10.5 Å². The van der Waals surface area contributed by atoms with Gasteiger partial charge in [0.1, 0.15) is 18.0 Å². The summed E-state index contributed by atoms with van der Waals surface area (Å²) >= 11 is 18.9. The van der Waals surface area contributed by atoms with Gasteiger partial charge in [-0.3, -0.25) is 9.69 Å². The third-order valence-corrected chi connectivity index (χ3v) is 8.33. The number of anilines is 1. The van der Waals surface area contributed by atoms with Crippen molar-refractivity contribution in [2.45, 2.75) is 64.6 Å². The van der Waals surface area contributed by atoms with Gasteiger partial charge in [0.25, 0.3) is 0 Å². The predicted molar refractivity (Wildman–Crippen MR) is 164 cm³/mol. The summed E-state index contributed by atoms with van der Waals surface area (Å²) in [5.41, 5.74) is 2.62. The second-order valence-electron chi connectivity index (χ2n) is 10.7. The van der Waals surface area contributed by atoms with Crippen molar-refractivity contribution in [3.8, 4) is 12.1 Å². The molecule has 1 unspecified atom stereocenters. The number of amides is 1. The van der Waals surface area contributed by atoms with Crippen molar-refractivity contribution in [3.63, 3.8) is 0 Å². The molecule has 2 heterocycles. The normalized spacial score (nSPS) is 16.3. The first-order valence-electron chi connectivity index (χ1n) is 14.1. The predicted octanol–water partition coefficient (Wildman–Crippen LogP) is 7.21. The highest BCUT2D eigenvalue weighted by Gasteiger charge is 2.34. The summed E-state index contributed by atoms with van der Waals surface area (Å²) in [5.74, 6) is 0.384. The van der Waals surface area contributed by atoms with Gasteiger partial charge >= 0.3 is 0 Å². The number of benzene rings is 2. The van der Waals surface area contributed by atoms with Crippen LogP contribution in [0.25, 0.3) is 0 Å². The fourth-order valence-electron chi connectivity index (χ4n) is 5.74. The van der Waals surface area contributed by atoms with Crippen molar-refractivity contribution in [2.75, 3.05) is 31.5 Å². The largest absolute Gasteiger partial charge is 0.351 e. The van der Waals surface area contributed by atoms with Crippen LogP contribution in [0.2, 0.25) is 15.1 Å². The maximum atomic E-state index is 13.4. The number of nitrogens with one attached hydrogen (secondary N) is 1. The van der Waals surface area contributed by atoms with E-state index in [1.165, 1.54) is 19.3 Å². The molecule has 2 aliphatic heterocycles. The van der Waals surface area contributed by atoms with Gasteiger partial charge in [0.2, 0.25) is 5.91 Å². The van der Waals surface area contributed by atoms with Crippen molar-refractivity contribution in [1.82, 2.24) is 14.7 Å². The van der Waals surface area contributed by atoms with Crippen molar-refractivity contribution in [1.29, 1.82) is 10.5 Å². The molecule has 41 heavy (non-hydrogen) atoms. The van der Waals surface area contributed by atoms with Gasteiger partial charge in [-0.25, -0.2) is 0 Å². The van der Waals surface area contributed by atoms with Gasteiger partial charge in [0, 0.05) is 48.7 Å². The van der Waals surface area contributed by atoms with Gasteiger partial charge in [-0.05, 0) is 73.8 Å². The number of hydrogen-bond acceptors (Lipinski definition) is 6. The van der Waals surface area contributed by atoms with Crippen LogP contribution in [0.5, 0.6) is 0 Å². The number of halogens is 3. The van der Waals surface area contributed by atoms with Crippen molar-refractivity contribution in [3.05, 3.63) is 74.0 Å². The quantitative estimate of drug-likeness (QED) is 0.285. The molecule has 0 saturated carbocycles. The maximum absolute atomic E-state index is 13.4. The number of piperidine rings is 1. The van der Waals surface area contributed by atoms with E-state index >= 15 is 0 Å². The Hall–Kier alpha value is -2.94. The second kappa shape index (κ2) is 14.8. The van der Waals surface area contributed by atoms with Crippen LogP contribution in [0.1, 0.15) is 56.6 Å². The van der Waals surface area contributed by atoms with Crippen LogP contribution in [-0.2, 0) is 17.9 Å². The Kier molecular flexibility index (Phi) is 11.2. The maximum Gasteiger partial charge on any atom is 0.226 e. The zero-order chi connectivity index (χ0) is 29.4. The minimum atomic E-state index is -0.199. The third kappa shape index (κ3) is 8.31. The SMILES string of the molecule is CCCC(CC(=O)Nc1cc(CN2CCCCC2)ccc1Cl)N1CCN(Cc2cc(Cl)cc(Cl)c2)C1=C(C#N)C#N. The van der Waals surface area contributed by atoms with Crippen molar-refractivity contribution in [2.24, 2.45) is 0 Å². The van der Waals surface area contributed by atoms with E-state index < -0.39 is 0 Å². The third-order valence-electron chi connectivity index (χ3n) is 7.57. The summed E-state index contributed by atoms with van der Waals surface area (Å²) in [6.07, 6.45) is 5.47. The first-order chi connectivity index (χ1) is 19.8. The molecule has 2 aromatic carbocycles. The number of rotatable bonds is 10. The molecule has 0 aromatic heterocycles. The topological polar surface area (TPSA) is 86.4 Å². The Morgan fingerprint density at radius 1 is 0.927 bits per heavy atom. The van der Waals surface area contributed by atoms with Gasteiger partial charge in [-0.15, -0.1) is 0 Å². The summed E-state index contributed by atoms with van der Waals surface area (Å²) in [7, 11) is 0. The van der Waals surface area contributed by atoms with Crippen LogP contribution in [-0.4, -0.2) is 52.8 Å². The molecule has 2 saturated heterocycles. The molecule has 216 valence electrons. The molecule has 0 radical (unpaired) electrons. The van der Waals surface area contributed by atoms with Crippen LogP contribution in [0, 0.1) is 22.7 Å². The lowest BCUT2D eigenvalue weighted by Crippen LogP contribution is -2.37. The zero-order valence-electron chi connectivity index (χ0n) is 23.3. The van der Waals surface area contributed by atoms with Gasteiger partial charge in [-0.1, -0.05) is 60.6 Å². The molecular weight excluding hydrogens is 579 g/mol.